The summed E-state index contributed by atoms with van der Waals surface area (Å²) in [6.45, 7) is 7.98. The van der Waals surface area contributed by atoms with Gasteiger partial charge in [0.1, 0.15) is 26.2 Å². The van der Waals surface area contributed by atoms with Crippen LogP contribution in [0.5, 0.6) is 0 Å². The Hall–Kier alpha value is -3.29. The van der Waals surface area contributed by atoms with Crippen LogP contribution in [0.4, 0.5) is 23.2 Å². The van der Waals surface area contributed by atoms with Crippen LogP contribution >= 0.6 is 0 Å². The van der Waals surface area contributed by atoms with Crippen molar-refractivity contribution in [2.75, 3.05) is 18.0 Å². The molecule has 1 heterocycles. The largest absolute Gasteiger partial charge is 1.00 e. The van der Waals surface area contributed by atoms with E-state index in [1.807, 2.05) is 25.1 Å². The minimum atomic E-state index is -5.91. The van der Waals surface area contributed by atoms with Crippen LogP contribution in [0.1, 0.15) is 79.1 Å². The number of unbranched alkanes of at least 4 members (excludes halogenated alkanes) is 2. The summed E-state index contributed by atoms with van der Waals surface area (Å²) in [6.07, 6.45) is 7.84. The number of nitrogens with zero attached hydrogens (tertiary/aromatic N) is 1. The Morgan fingerprint density at radius 3 is 1.96 bits per heavy atom. The Bertz CT molecular complexity index is 1940. The molecule has 0 fully saturated rings. The molecule has 7 nitrogen and oxygen atoms in total. The van der Waals surface area contributed by atoms with Gasteiger partial charge in [-0.2, -0.15) is 0 Å². The first-order valence-corrected chi connectivity index (χ1v) is 16.2. The van der Waals surface area contributed by atoms with E-state index in [0.29, 0.717) is 23.1 Å². The molecule has 0 aliphatic heterocycles. The third-order valence-electron chi connectivity index (χ3n) is 7.64. The maximum atomic E-state index is 14.5. The number of hydrogen-bond acceptors (Lipinski definition) is 7. The molecule has 4 rings (SSSR count). The average molecular weight is 682 g/mol. The van der Waals surface area contributed by atoms with Gasteiger partial charge in [-0.3, -0.25) is 4.79 Å². The summed E-state index contributed by atoms with van der Waals surface area (Å²) in [5, 5.41) is 0.789. The third kappa shape index (κ3) is 8.24. The average Bonchev–Trinajstić information content (AvgIpc) is 3.02. The van der Waals surface area contributed by atoms with Gasteiger partial charge in [-0.25, -0.2) is 30.8 Å². The van der Waals surface area contributed by atoms with Crippen LogP contribution in [0, 0.1) is 23.3 Å². The molecule has 1 aromatic heterocycles. The van der Waals surface area contributed by atoms with E-state index in [9.17, 15) is 40.1 Å². The second kappa shape index (κ2) is 16.2. The van der Waals surface area contributed by atoms with Crippen molar-refractivity contribution in [1.29, 1.82) is 0 Å². The fourth-order valence-corrected chi connectivity index (χ4v) is 5.80. The fourth-order valence-electron chi connectivity index (χ4n) is 5.18. The molecule has 0 unspecified atom stereocenters. The van der Waals surface area contributed by atoms with E-state index < -0.39 is 55.3 Å². The molecule has 0 saturated carbocycles. The molecular formula is C34H32F4NNaO6S. The number of carbonyl (C=O) groups is 1. The zero-order valence-electron chi connectivity index (χ0n) is 26.5. The van der Waals surface area contributed by atoms with Crippen LogP contribution in [0.15, 0.2) is 56.6 Å². The molecule has 47 heavy (non-hydrogen) atoms. The minimum Gasteiger partial charge on any atom is -0.744 e. The van der Waals surface area contributed by atoms with Crippen LogP contribution in [-0.4, -0.2) is 31.8 Å². The van der Waals surface area contributed by atoms with Crippen molar-refractivity contribution in [2.24, 2.45) is 0 Å². The predicted molar refractivity (Wildman–Crippen MR) is 167 cm³/mol. The van der Waals surface area contributed by atoms with Gasteiger partial charge in [0.25, 0.3) is 0 Å². The summed E-state index contributed by atoms with van der Waals surface area (Å²) in [4.78, 5) is 25.8. The van der Waals surface area contributed by atoms with Gasteiger partial charge in [0.05, 0.1) is 5.56 Å². The number of benzene rings is 3. The van der Waals surface area contributed by atoms with E-state index >= 15 is 0 Å². The van der Waals surface area contributed by atoms with E-state index in [4.69, 9.17) is 4.42 Å². The SMILES string of the molecule is CCCCN(CCCC)c1ccc2c(CC)c(/C=C/c3ccc(C(=O)c4c(F)c(F)c(S(=O)(=O)[O-])c(F)c4F)cc3)c(=O)oc2c1.[Na+]. The van der Waals surface area contributed by atoms with Crippen molar-refractivity contribution in [2.45, 2.75) is 57.8 Å². The van der Waals surface area contributed by atoms with E-state index in [-0.39, 0.29) is 35.1 Å². The molecular weight excluding hydrogens is 649 g/mol. The fraction of sp³-hybridized carbons (Fsp3) is 0.294. The first-order valence-electron chi connectivity index (χ1n) is 14.8. The van der Waals surface area contributed by atoms with Crippen molar-refractivity contribution in [1.82, 2.24) is 0 Å². The number of rotatable bonds is 13. The molecule has 0 bridgehead atoms. The van der Waals surface area contributed by atoms with Crippen molar-refractivity contribution in [3.05, 3.63) is 104 Å². The van der Waals surface area contributed by atoms with Crippen molar-refractivity contribution in [3.8, 4) is 0 Å². The van der Waals surface area contributed by atoms with Gasteiger partial charge in [0.2, 0.25) is 0 Å². The smallest absolute Gasteiger partial charge is 0.744 e. The van der Waals surface area contributed by atoms with E-state index in [0.717, 1.165) is 67.5 Å². The number of hydrogen-bond donors (Lipinski definition) is 0. The Kier molecular flexibility index (Phi) is 13.2. The monoisotopic (exact) mass is 681 g/mol. The van der Waals surface area contributed by atoms with Crippen LogP contribution in [0.25, 0.3) is 23.1 Å². The molecule has 13 heteroatoms. The number of carbonyl (C=O) groups excluding carboxylic acids is 1. The molecule has 0 saturated heterocycles. The zero-order valence-corrected chi connectivity index (χ0v) is 29.3. The van der Waals surface area contributed by atoms with Crippen molar-refractivity contribution in [3.63, 3.8) is 0 Å². The molecule has 0 atom stereocenters. The number of ketones is 1. The van der Waals surface area contributed by atoms with Crippen LogP contribution < -0.4 is 40.1 Å². The first kappa shape index (κ1) is 38.2. The second-order valence-electron chi connectivity index (χ2n) is 10.7. The normalized spacial score (nSPS) is 11.7. The summed E-state index contributed by atoms with van der Waals surface area (Å²) in [5.41, 5.74) is 0.398. The third-order valence-corrected chi connectivity index (χ3v) is 8.49. The minimum absolute atomic E-state index is 0. The van der Waals surface area contributed by atoms with E-state index in [1.54, 1.807) is 12.2 Å². The molecule has 0 radical (unpaired) electrons. The number of aryl methyl sites for hydroxylation is 1. The number of anilines is 1. The van der Waals surface area contributed by atoms with Gasteiger partial charge in [-0.15, -0.1) is 0 Å². The molecule has 0 amide bonds. The van der Waals surface area contributed by atoms with Gasteiger partial charge in [0, 0.05) is 35.8 Å². The Balaban J connectivity index is 0.00000600. The molecule has 4 aromatic rings. The zero-order chi connectivity index (χ0) is 33.8. The van der Waals surface area contributed by atoms with Gasteiger partial charge < -0.3 is 13.9 Å². The summed E-state index contributed by atoms with van der Waals surface area (Å²) < 4.78 is 96.3. The summed E-state index contributed by atoms with van der Waals surface area (Å²) >= 11 is 0. The molecule has 244 valence electrons. The van der Waals surface area contributed by atoms with Crippen LogP contribution in [0.3, 0.4) is 0 Å². The maximum Gasteiger partial charge on any atom is 1.00 e. The van der Waals surface area contributed by atoms with E-state index in [1.165, 1.54) is 12.1 Å². The summed E-state index contributed by atoms with van der Waals surface area (Å²) in [7, 11) is -5.91. The second-order valence-corrected chi connectivity index (χ2v) is 12.0. The maximum absolute atomic E-state index is 14.5. The number of halogens is 4. The summed E-state index contributed by atoms with van der Waals surface area (Å²) in [5.74, 6) is -11.1. The Morgan fingerprint density at radius 2 is 1.45 bits per heavy atom. The summed E-state index contributed by atoms with van der Waals surface area (Å²) in [6, 6.07) is 10.8. The van der Waals surface area contributed by atoms with Gasteiger partial charge in [-0.1, -0.05) is 64.0 Å². The Morgan fingerprint density at radius 1 is 0.872 bits per heavy atom. The predicted octanol–water partition coefficient (Wildman–Crippen LogP) is 4.63. The van der Waals surface area contributed by atoms with Crippen LogP contribution in [-0.2, 0) is 16.5 Å². The molecule has 0 spiro atoms. The van der Waals surface area contributed by atoms with Gasteiger partial charge in [-0.05, 0) is 48.6 Å². The quantitative estimate of drug-likeness (QED) is 0.0506. The molecule has 0 aliphatic rings. The molecule has 0 aliphatic carbocycles. The molecule has 3 aromatic carbocycles. The molecule has 0 N–H and O–H groups in total. The van der Waals surface area contributed by atoms with Gasteiger partial charge >= 0.3 is 35.2 Å². The topological polar surface area (TPSA) is 108 Å². The van der Waals surface area contributed by atoms with E-state index in [2.05, 4.69) is 18.7 Å². The Labute approximate surface area is 292 Å². The standard InChI is InChI=1S/C34H33F4NO6S.Na/c1-4-7-17-39(18-8-5-2)22-14-16-24-23(6-3)25(34(41)45-26(24)19-22)15-11-20-9-12-21(13-10-20)32(40)27-28(35)30(37)33(46(42,43)44)31(38)29(27)36;/h9-16,19H,4-8,17-18H2,1-3H3,(H,42,43,44);/q;+1/p-1/b15-11+;. The van der Waals surface area contributed by atoms with Gasteiger partial charge in [0.15, 0.2) is 29.1 Å². The van der Waals surface area contributed by atoms with Crippen molar-refractivity contribution >= 4 is 44.7 Å². The first-order chi connectivity index (χ1) is 21.8. The van der Waals surface area contributed by atoms with Crippen LogP contribution in [0.2, 0.25) is 0 Å². The number of fused-ring (bicyclic) bond motifs is 1. The van der Waals surface area contributed by atoms with Crippen molar-refractivity contribution < 1.29 is 69.3 Å².